The maximum Gasteiger partial charge on any atom is 0.417 e. The van der Waals surface area contributed by atoms with Crippen molar-refractivity contribution in [3.63, 3.8) is 0 Å². The molecule has 0 spiro atoms. The Kier molecular flexibility index (Phi) is 8.06. The lowest BCUT2D eigenvalue weighted by Crippen LogP contribution is -2.38. The molecule has 42 heavy (non-hydrogen) atoms. The van der Waals surface area contributed by atoms with Crippen molar-refractivity contribution in [1.29, 1.82) is 5.26 Å². The van der Waals surface area contributed by atoms with Crippen LogP contribution >= 0.6 is 0 Å². The summed E-state index contributed by atoms with van der Waals surface area (Å²) in [6.45, 7) is 8.77. The van der Waals surface area contributed by atoms with Gasteiger partial charge in [0.25, 0.3) is 5.91 Å². The zero-order valence-electron chi connectivity index (χ0n) is 24.5. The number of hydrogen-bond acceptors (Lipinski definition) is 7. The molecule has 0 saturated carbocycles. The van der Waals surface area contributed by atoms with Crippen LogP contribution in [0.15, 0.2) is 53.3 Å². The van der Waals surface area contributed by atoms with Crippen molar-refractivity contribution in [2.45, 2.75) is 59.0 Å². The van der Waals surface area contributed by atoms with Crippen molar-refractivity contribution < 1.29 is 23.8 Å². The molecule has 220 valence electrons. The van der Waals surface area contributed by atoms with Crippen LogP contribution in [-0.4, -0.2) is 63.6 Å². The van der Waals surface area contributed by atoms with Gasteiger partial charge in [-0.15, -0.1) is 0 Å². The second-order valence-corrected chi connectivity index (χ2v) is 11.9. The fraction of sp³-hybridized carbons (Fsp3) is 0.438. The van der Waals surface area contributed by atoms with Crippen molar-refractivity contribution in [1.82, 2.24) is 14.7 Å². The van der Waals surface area contributed by atoms with E-state index in [9.17, 15) is 20.0 Å². The van der Waals surface area contributed by atoms with E-state index < -0.39 is 23.4 Å². The minimum atomic E-state index is -0.787. The van der Waals surface area contributed by atoms with E-state index in [0.29, 0.717) is 47.6 Å². The molecule has 2 saturated heterocycles. The molecule has 2 fully saturated rings. The van der Waals surface area contributed by atoms with E-state index in [2.05, 4.69) is 11.0 Å². The number of nitrogens with zero attached hydrogens (tertiary/aromatic N) is 5. The Labute approximate surface area is 245 Å². The molecule has 5 rings (SSSR count). The lowest BCUT2D eigenvalue weighted by Gasteiger charge is -2.31. The molecule has 1 aromatic carbocycles. The van der Waals surface area contributed by atoms with Gasteiger partial charge in [-0.05, 0) is 81.7 Å². The number of nitriles is 1. The number of amides is 2. The van der Waals surface area contributed by atoms with Crippen molar-refractivity contribution in [3.8, 4) is 6.07 Å². The Morgan fingerprint density at radius 3 is 2.76 bits per heavy atom. The van der Waals surface area contributed by atoms with Crippen LogP contribution in [0.4, 0.5) is 15.0 Å². The second-order valence-electron chi connectivity index (χ2n) is 11.9. The minimum Gasteiger partial charge on any atom is -0.443 e. The maximum absolute atomic E-state index is 15.3. The lowest BCUT2D eigenvalue weighted by molar-refractivity contribution is -0.124. The van der Waals surface area contributed by atoms with Crippen LogP contribution in [0.1, 0.15) is 64.5 Å². The smallest absolute Gasteiger partial charge is 0.417 e. The van der Waals surface area contributed by atoms with Crippen LogP contribution in [0.2, 0.25) is 0 Å². The van der Waals surface area contributed by atoms with Crippen molar-refractivity contribution in [2.75, 3.05) is 31.1 Å². The largest absolute Gasteiger partial charge is 0.443 e. The Bertz CT molecular complexity index is 1550. The SMILES string of the molecule is CCC1=C2CN(C(=O)OC(C)(C)C)C(=O)C2=C(n2ccc(N3CCCC(CO)C3)n2)C=C(c2c(F)cccc2C#N)C1. The van der Waals surface area contributed by atoms with Crippen LogP contribution in [-0.2, 0) is 9.53 Å². The van der Waals surface area contributed by atoms with E-state index in [-0.39, 0.29) is 30.2 Å². The number of halogens is 1. The summed E-state index contributed by atoms with van der Waals surface area (Å²) in [4.78, 5) is 30.3. The van der Waals surface area contributed by atoms with Gasteiger partial charge in [-0.3, -0.25) is 4.79 Å². The quantitative estimate of drug-likeness (QED) is 0.518. The summed E-state index contributed by atoms with van der Waals surface area (Å²) in [5.41, 5.74) is 2.41. The molecular formula is C32H36FN5O4. The van der Waals surface area contributed by atoms with Crippen LogP contribution < -0.4 is 4.90 Å². The third-order valence-electron chi connectivity index (χ3n) is 7.89. The highest BCUT2D eigenvalue weighted by atomic mass is 19.1. The number of anilines is 1. The predicted molar refractivity (Wildman–Crippen MR) is 156 cm³/mol. The first-order valence-electron chi connectivity index (χ1n) is 14.4. The highest BCUT2D eigenvalue weighted by Crippen LogP contribution is 2.42. The number of allylic oxidation sites excluding steroid dienone is 4. The molecule has 1 atom stereocenters. The summed E-state index contributed by atoms with van der Waals surface area (Å²) in [7, 11) is 0. The average molecular weight is 574 g/mol. The molecule has 0 bridgehead atoms. The number of hydrogen-bond donors (Lipinski definition) is 1. The summed E-state index contributed by atoms with van der Waals surface area (Å²) in [5, 5.41) is 24.3. The normalized spacial score (nSPS) is 19.5. The number of ether oxygens (including phenoxy) is 1. The monoisotopic (exact) mass is 573 g/mol. The fourth-order valence-corrected chi connectivity index (χ4v) is 5.88. The van der Waals surface area contributed by atoms with Crippen molar-refractivity contribution in [2.24, 2.45) is 5.92 Å². The lowest BCUT2D eigenvalue weighted by atomic mass is 9.91. The predicted octanol–water partition coefficient (Wildman–Crippen LogP) is 5.28. The topological polar surface area (TPSA) is 112 Å². The first kappa shape index (κ1) is 29.3. The Hall–Kier alpha value is -4.23. The van der Waals surface area contributed by atoms with Gasteiger partial charge in [0.15, 0.2) is 5.82 Å². The zero-order valence-corrected chi connectivity index (χ0v) is 24.5. The maximum atomic E-state index is 15.3. The molecule has 0 radical (unpaired) electrons. The molecule has 2 aliphatic heterocycles. The summed E-state index contributed by atoms with van der Waals surface area (Å²) in [6, 6.07) is 8.35. The first-order chi connectivity index (χ1) is 20.0. The highest BCUT2D eigenvalue weighted by Gasteiger charge is 2.42. The highest BCUT2D eigenvalue weighted by molar-refractivity contribution is 6.14. The molecule has 3 heterocycles. The van der Waals surface area contributed by atoms with Gasteiger partial charge >= 0.3 is 6.09 Å². The van der Waals surface area contributed by atoms with Gasteiger partial charge in [0.1, 0.15) is 11.4 Å². The third-order valence-corrected chi connectivity index (χ3v) is 7.89. The van der Waals surface area contributed by atoms with Crippen molar-refractivity contribution in [3.05, 3.63) is 70.2 Å². The van der Waals surface area contributed by atoms with Crippen LogP contribution in [0.25, 0.3) is 11.3 Å². The number of likely N-dealkylation sites (tertiary alicyclic amines) is 1. The van der Waals surface area contributed by atoms with Crippen LogP contribution in [0.3, 0.4) is 0 Å². The number of piperidine rings is 1. The molecule has 9 nitrogen and oxygen atoms in total. The number of carbonyl (C=O) groups excluding carboxylic acids is 2. The third kappa shape index (κ3) is 5.61. The molecule has 1 aliphatic carbocycles. The number of rotatable bonds is 5. The molecule has 3 aliphatic rings. The van der Waals surface area contributed by atoms with Gasteiger partial charge in [-0.2, -0.15) is 10.4 Å². The van der Waals surface area contributed by atoms with E-state index >= 15 is 4.39 Å². The number of benzene rings is 1. The number of fused-ring (bicyclic) bond motifs is 1. The van der Waals surface area contributed by atoms with Gasteiger partial charge < -0.3 is 14.7 Å². The van der Waals surface area contributed by atoms with Crippen LogP contribution in [0.5, 0.6) is 0 Å². The van der Waals surface area contributed by atoms with Gasteiger partial charge in [-0.1, -0.05) is 18.6 Å². The van der Waals surface area contributed by atoms with E-state index in [1.807, 2.05) is 13.0 Å². The second kappa shape index (κ2) is 11.6. The van der Waals surface area contributed by atoms with Gasteiger partial charge in [0.05, 0.1) is 29.4 Å². The number of aliphatic hydroxyl groups is 1. The molecule has 2 aromatic rings. The summed E-state index contributed by atoms with van der Waals surface area (Å²) in [6.07, 6.45) is 5.46. The Balaban J connectivity index is 1.68. The summed E-state index contributed by atoms with van der Waals surface area (Å²) >= 11 is 0. The fourth-order valence-electron chi connectivity index (χ4n) is 5.88. The Morgan fingerprint density at radius 1 is 1.29 bits per heavy atom. The summed E-state index contributed by atoms with van der Waals surface area (Å²) in [5.74, 6) is -0.188. The Morgan fingerprint density at radius 2 is 2.07 bits per heavy atom. The van der Waals surface area contributed by atoms with E-state index in [0.717, 1.165) is 29.9 Å². The molecule has 1 N–H and O–H groups in total. The van der Waals surface area contributed by atoms with Crippen LogP contribution in [0, 0.1) is 23.1 Å². The van der Waals surface area contributed by atoms with Gasteiger partial charge in [0.2, 0.25) is 0 Å². The molecule has 2 amide bonds. The number of imide groups is 1. The number of aliphatic hydroxyl groups excluding tert-OH is 1. The van der Waals surface area contributed by atoms with E-state index in [1.165, 1.54) is 12.1 Å². The number of aromatic nitrogens is 2. The standard InChI is InChI=1S/C32H36FN5O4/c1-5-21-14-23(28-22(16-34)9-6-10-25(28)33)15-26(29-24(21)18-37(30(29)40)31(41)42-32(2,3)4)38-13-11-27(35-38)36-12-7-8-20(17-36)19-39/h6,9-11,13,15,20,39H,5,7-8,12,14,17-19H2,1-4H3. The van der Waals surface area contributed by atoms with Gasteiger partial charge in [-0.25, -0.2) is 18.8 Å². The first-order valence-corrected chi connectivity index (χ1v) is 14.4. The number of carbonyl (C=O) groups is 2. The minimum absolute atomic E-state index is 0.0255. The van der Waals surface area contributed by atoms with Crippen molar-refractivity contribution >= 4 is 29.1 Å². The van der Waals surface area contributed by atoms with E-state index in [1.54, 1.807) is 43.8 Å². The van der Waals surface area contributed by atoms with E-state index in [4.69, 9.17) is 9.84 Å². The average Bonchev–Trinajstić information content (AvgIpc) is 3.54. The zero-order chi connectivity index (χ0) is 30.2. The van der Waals surface area contributed by atoms with Gasteiger partial charge in [0, 0.05) is 37.5 Å². The molecule has 1 unspecified atom stereocenters. The molecule has 10 heteroatoms. The molecular weight excluding hydrogens is 537 g/mol. The summed E-state index contributed by atoms with van der Waals surface area (Å²) < 4.78 is 22.5. The molecule has 1 aromatic heterocycles.